The van der Waals surface area contributed by atoms with Gasteiger partial charge in [0.2, 0.25) is 0 Å². The summed E-state index contributed by atoms with van der Waals surface area (Å²) >= 11 is 0. The second kappa shape index (κ2) is 11.1. The summed E-state index contributed by atoms with van der Waals surface area (Å²) < 4.78 is 61.7. The monoisotopic (exact) mass is 521 g/mol. The summed E-state index contributed by atoms with van der Waals surface area (Å²) in [5.41, 5.74) is -2.76. The van der Waals surface area contributed by atoms with E-state index in [4.69, 9.17) is 14.2 Å². The molecule has 0 bridgehead atoms. The van der Waals surface area contributed by atoms with Gasteiger partial charge in [-0.2, -0.15) is 8.78 Å². The fraction of sp³-hybridized carbons (Fsp3) is 0.481. The molecule has 0 radical (unpaired) electrons. The second-order valence-corrected chi connectivity index (χ2v) is 9.42. The van der Waals surface area contributed by atoms with E-state index in [-0.39, 0.29) is 11.7 Å². The van der Waals surface area contributed by atoms with Gasteiger partial charge >= 0.3 is 5.92 Å². The number of ether oxygens (including phenoxy) is 3. The largest absolute Gasteiger partial charge is 0.493 e. The van der Waals surface area contributed by atoms with Gasteiger partial charge in [-0.1, -0.05) is 19.1 Å². The number of hydrogen-bond acceptors (Lipinski definition) is 7. The van der Waals surface area contributed by atoms with Gasteiger partial charge in [0.25, 0.3) is 0 Å². The van der Waals surface area contributed by atoms with Crippen LogP contribution >= 0.6 is 0 Å². The summed E-state index contributed by atoms with van der Waals surface area (Å²) in [6.07, 6.45) is 0.653. The van der Waals surface area contributed by atoms with Gasteiger partial charge in [0, 0.05) is 24.1 Å². The Balaban J connectivity index is 2.02. The maximum absolute atomic E-state index is 15.3. The fourth-order valence-electron chi connectivity index (χ4n) is 3.91. The zero-order chi connectivity index (χ0) is 27.5. The van der Waals surface area contributed by atoms with Crippen LogP contribution in [0.15, 0.2) is 30.3 Å². The predicted molar refractivity (Wildman–Crippen MR) is 136 cm³/mol. The van der Waals surface area contributed by atoms with Crippen LogP contribution in [0.25, 0.3) is 10.9 Å². The lowest BCUT2D eigenvalue weighted by Crippen LogP contribution is -2.41. The lowest BCUT2D eigenvalue weighted by molar-refractivity contribution is -0.170. The van der Waals surface area contributed by atoms with E-state index in [0.717, 1.165) is 26.3 Å². The molecule has 10 heteroatoms. The topological polar surface area (TPSA) is 85.7 Å². The highest BCUT2D eigenvalue weighted by Crippen LogP contribution is 2.42. The fourth-order valence-corrected chi connectivity index (χ4v) is 3.91. The molecule has 1 heterocycles. The molecule has 3 aromatic rings. The predicted octanol–water partition coefficient (Wildman–Crippen LogP) is 5.93. The molecule has 2 atom stereocenters. The highest BCUT2D eigenvalue weighted by molar-refractivity contribution is 5.92. The molecule has 1 aromatic heterocycles. The zero-order valence-electron chi connectivity index (χ0n) is 22.2. The van der Waals surface area contributed by atoms with E-state index in [1.807, 2.05) is 6.92 Å². The molecule has 0 spiro atoms. The number of methoxy groups -OCH3 is 2. The molecule has 0 amide bonds. The van der Waals surface area contributed by atoms with Crippen LogP contribution in [-0.4, -0.2) is 47.6 Å². The Bertz CT molecular complexity index is 1240. The van der Waals surface area contributed by atoms with Crippen molar-refractivity contribution >= 4 is 16.7 Å². The number of alkyl halides is 2. The van der Waals surface area contributed by atoms with Crippen molar-refractivity contribution in [3.8, 4) is 11.5 Å². The first-order chi connectivity index (χ1) is 17.3. The van der Waals surface area contributed by atoms with Gasteiger partial charge in [-0.15, -0.1) is 0 Å². The number of anilines is 1. The molecule has 0 aliphatic rings. The maximum Gasteiger partial charge on any atom is 0.303 e. The van der Waals surface area contributed by atoms with Crippen LogP contribution in [0.4, 0.5) is 19.0 Å². The lowest BCUT2D eigenvalue weighted by atomic mass is 9.91. The number of benzene rings is 2. The average molecular weight is 522 g/mol. The van der Waals surface area contributed by atoms with E-state index in [0.29, 0.717) is 40.7 Å². The summed E-state index contributed by atoms with van der Waals surface area (Å²) in [5, 5.41) is 13.6. The number of aryl methyl sites for hydroxylation is 1. The number of aromatic nitrogens is 2. The van der Waals surface area contributed by atoms with Crippen LogP contribution in [-0.2, 0) is 10.7 Å². The SMILES string of the molecule is CCC(COc1cc2c(N[C@H](C)c3cccc(C(F)(F)C(C)(C)O)c3F)nc(C)nc2cc1OC)OC. The summed E-state index contributed by atoms with van der Waals surface area (Å²) in [7, 11) is 3.14. The average Bonchev–Trinajstić information content (AvgIpc) is 2.83. The molecule has 0 aliphatic heterocycles. The quantitative estimate of drug-likeness (QED) is 0.324. The third kappa shape index (κ3) is 5.91. The van der Waals surface area contributed by atoms with Crippen LogP contribution in [0.2, 0.25) is 0 Å². The highest BCUT2D eigenvalue weighted by Gasteiger charge is 2.49. The van der Waals surface area contributed by atoms with E-state index >= 15 is 4.39 Å². The minimum absolute atomic E-state index is 0.00158. The van der Waals surface area contributed by atoms with Crippen LogP contribution in [0.5, 0.6) is 11.5 Å². The number of hydrogen-bond donors (Lipinski definition) is 2. The minimum atomic E-state index is -3.80. The minimum Gasteiger partial charge on any atom is -0.493 e. The van der Waals surface area contributed by atoms with Crippen molar-refractivity contribution in [3.63, 3.8) is 0 Å². The van der Waals surface area contributed by atoms with Crippen molar-refractivity contribution in [2.75, 3.05) is 26.1 Å². The lowest BCUT2D eigenvalue weighted by Gasteiger charge is -2.30. The normalized spacial score (nSPS) is 13.9. The maximum atomic E-state index is 15.3. The number of rotatable bonds is 11. The van der Waals surface area contributed by atoms with Crippen LogP contribution in [0.3, 0.4) is 0 Å². The van der Waals surface area contributed by atoms with Gasteiger partial charge in [0.1, 0.15) is 29.7 Å². The summed E-state index contributed by atoms with van der Waals surface area (Å²) in [4.78, 5) is 8.95. The smallest absolute Gasteiger partial charge is 0.303 e. The summed E-state index contributed by atoms with van der Waals surface area (Å²) in [5.74, 6) is -3.14. The molecule has 0 saturated carbocycles. The Morgan fingerprint density at radius 2 is 1.81 bits per heavy atom. The first-order valence-corrected chi connectivity index (χ1v) is 12.0. The summed E-state index contributed by atoms with van der Waals surface area (Å²) in [6.45, 7) is 7.52. The number of halogens is 3. The number of nitrogens with one attached hydrogen (secondary N) is 1. The van der Waals surface area contributed by atoms with E-state index in [2.05, 4.69) is 15.3 Å². The van der Waals surface area contributed by atoms with Crippen LogP contribution < -0.4 is 14.8 Å². The van der Waals surface area contributed by atoms with Crippen molar-refractivity contribution in [1.82, 2.24) is 9.97 Å². The molecule has 202 valence electrons. The molecular formula is C27H34F3N3O4. The van der Waals surface area contributed by atoms with Crippen molar-refractivity contribution < 1.29 is 32.5 Å². The second-order valence-electron chi connectivity index (χ2n) is 9.42. The third-order valence-corrected chi connectivity index (χ3v) is 6.26. The van der Waals surface area contributed by atoms with Gasteiger partial charge in [0.05, 0.1) is 30.3 Å². The van der Waals surface area contributed by atoms with Crippen molar-refractivity contribution in [2.45, 2.75) is 64.7 Å². The van der Waals surface area contributed by atoms with E-state index < -0.39 is 28.9 Å². The standard InChI is InChI=1S/C27H34F3N3O4/c1-8-17(35-6)14-37-23-12-19-21(13-22(23)36-7)32-16(3)33-25(19)31-15(2)18-10-9-11-20(24(18)28)27(29,30)26(4,5)34/h9-13,15,17,34H,8,14H2,1-7H3,(H,31,32,33)/t15-,17?/m1/s1. The Labute approximate surface area is 215 Å². The van der Waals surface area contributed by atoms with Crippen molar-refractivity contribution in [3.05, 3.63) is 53.1 Å². The molecule has 2 aromatic carbocycles. The van der Waals surface area contributed by atoms with Gasteiger partial charge < -0.3 is 24.6 Å². The Kier molecular flexibility index (Phi) is 8.54. The molecule has 2 N–H and O–H groups in total. The first kappa shape index (κ1) is 28.5. The van der Waals surface area contributed by atoms with Crippen molar-refractivity contribution in [2.24, 2.45) is 0 Å². The van der Waals surface area contributed by atoms with E-state index in [1.165, 1.54) is 19.2 Å². The van der Waals surface area contributed by atoms with Crippen LogP contribution in [0, 0.1) is 12.7 Å². The molecule has 0 fully saturated rings. The molecule has 0 saturated heterocycles. The molecule has 37 heavy (non-hydrogen) atoms. The summed E-state index contributed by atoms with van der Waals surface area (Å²) in [6, 6.07) is 6.42. The van der Waals surface area contributed by atoms with E-state index in [9.17, 15) is 13.9 Å². The Morgan fingerprint density at radius 1 is 1.11 bits per heavy atom. The Hall–Kier alpha value is -3.11. The Morgan fingerprint density at radius 3 is 2.41 bits per heavy atom. The van der Waals surface area contributed by atoms with Gasteiger partial charge in [0.15, 0.2) is 11.5 Å². The first-order valence-electron chi connectivity index (χ1n) is 12.0. The highest BCUT2D eigenvalue weighted by atomic mass is 19.3. The van der Waals surface area contributed by atoms with Gasteiger partial charge in [-0.25, -0.2) is 14.4 Å². The van der Waals surface area contributed by atoms with Crippen LogP contribution in [0.1, 0.15) is 57.1 Å². The zero-order valence-corrected chi connectivity index (χ0v) is 22.2. The molecular weight excluding hydrogens is 487 g/mol. The number of fused-ring (bicyclic) bond motifs is 1. The van der Waals surface area contributed by atoms with Gasteiger partial charge in [-0.3, -0.25) is 0 Å². The number of aliphatic hydroxyl groups is 1. The van der Waals surface area contributed by atoms with Crippen molar-refractivity contribution in [1.29, 1.82) is 0 Å². The third-order valence-electron chi connectivity index (χ3n) is 6.26. The number of nitrogens with zero attached hydrogens (tertiary/aromatic N) is 2. The van der Waals surface area contributed by atoms with E-state index in [1.54, 1.807) is 33.1 Å². The molecule has 3 rings (SSSR count). The molecule has 0 aliphatic carbocycles. The molecule has 7 nitrogen and oxygen atoms in total. The molecule has 1 unspecified atom stereocenters. The van der Waals surface area contributed by atoms with Gasteiger partial charge in [-0.05, 0) is 46.2 Å².